The summed E-state index contributed by atoms with van der Waals surface area (Å²) in [6, 6.07) is 8.16. The quantitative estimate of drug-likeness (QED) is 0.365. The van der Waals surface area contributed by atoms with Gasteiger partial charge in [0.25, 0.3) is 0 Å². The van der Waals surface area contributed by atoms with Gasteiger partial charge in [-0.2, -0.15) is 5.26 Å². The first kappa shape index (κ1) is 24.0. The highest BCUT2D eigenvalue weighted by Gasteiger charge is 2.50. The van der Waals surface area contributed by atoms with Gasteiger partial charge in [-0.25, -0.2) is 4.39 Å². The molecule has 7 heteroatoms. The number of aryl methyl sites for hydroxylation is 1. The molecule has 1 saturated heterocycles. The molecule has 1 aliphatic carbocycles. The van der Waals surface area contributed by atoms with Crippen LogP contribution in [0.5, 0.6) is 0 Å². The first-order valence-electron chi connectivity index (χ1n) is 12.2. The largest absolute Gasteiger partial charge is 0.389 e. The maximum atomic E-state index is 16.0. The predicted molar refractivity (Wildman–Crippen MR) is 134 cm³/mol. The predicted octanol–water partition coefficient (Wildman–Crippen LogP) is 4.03. The third kappa shape index (κ3) is 4.12. The number of nitrogens with zero attached hydrogens (tertiary/aromatic N) is 3. The molecule has 0 radical (unpaired) electrons. The van der Waals surface area contributed by atoms with E-state index in [1.165, 1.54) is 12.8 Å². The Balaban J connectivity index is 1.84. The lowest BCUT2D eigenvalue weighted by Crippen LogP contribution is -2.57. The van der Waals surface area contributed by atoms with Crippen molar-refractivity contribution in [3.8, 4) is 6.07 Å². The van der Waals surface area contributed by atoms with Gasteiger partial charge in [0.15, 0.2) is 0 Å². The molecule has 0 spiro atoms. The first-order valence-corrected chi connectivity index (χ1v) is 12.2. The molecule has 34 heavy (non-hydrogen) atoms. The van der Waals surface area contributed by atoms with Crippen LogP contribution in [0.2, 0.25) is 0 Å². The molecule has 0 amide bonds. The number of hydrogen-bond donors (Lipinski definition) is 3. The van der Waals surface area contributed by atoms with Gasteiger partial charge in [0.05, 0.1) is 17.3 Å². The molecule has 1 saturated carbocycles. The maximum absolute atomic E-state index is 16.0. The highest BCUT2D eigenvalue weighted by molar-refractivity contribution is 5.82. The van der Waals surface area contributed by atoms with E-state index in [1.54, 1.807) is 13.2 Å². The van der Waals surface area contributed by atoms with Crippen molar-refractivity contribution in [2.45, 2.75) is 51.4 Å². The summed E-state index contributed by atoms with van der Waals surface area (Å²) >= 11 is 0. The molecule has 1 atom stereocenters. The minimum absolute atomic E-state index is 0.0148. The van der Waals surface area contributed by atoms with Crippen LogP contribution in [0.1, 0.15) is 49.9 Å². The fourth-order valence-corrected chi connectivity index (χ4v) is 5.22. The van der Waals surface area contributed by atoms with E-state index in [2.05, 4.69) is 28.3 Å². The minimum Gasteiger partial charge on any atom is -0.389 e. The van der Waals surface area contributed by atoms with Crippen LogP contribution in [0.15, 0.2) is 42.4 Å². The molecule has 180 valence electrons. The average molecular weight is 463 g/mol. The Morgan fingerprint density at radius 2 is 2.15 bits per heavy atom. The van der Waals surface area contributed by atoms with Crippen LogP contribution < -0.4 is 16.6 Å². The van der Waals surface area contributed by atoms with Crippen molar-refractivity contribution >= 4 is 10.9 Å². The van der Waals surface area contributed by atoms with Crippen molar-refractivity contribution in [2.75, 3.05) is 20.1 Å². The monoisotopic (exact) mass is 462 g/mol. The van der Waals surface area contributed by atoms with Crippen LogP contribution in [0.3, 0.4) is 0 Å². The van der Waals surface area contributed by atoms with Gasteiger partial charge in [0, 0.05) is 54.6 Å². The lowest BCUT2D eigenvalue weighted by Gasteiger charge is -2.49. The van der Waals surface area contributed by atoms with Gasteiger partial charge in [-0.15, -0.1) is 0 Å². The van der Waals surface area contributed by atoms with E-state index in [0.29, 0.717) is 42.5 Å². The Labute approximate surface area is 201 Å². The highest BCUT2D eigenvalue weighted by Crippen LogP contribution is 2.44. The van der Waals surface area contributed by atoms with Gasteiger partial charge < -0.3 is 15.6 Å². The minimum atomic E-state index is -1.02. The van der Waals surface area contributed by atoms with Crippen molar-refractivity contribution in [3.63, 3.8) is 0 Å². The standard InChI is InChI=1S/C27H35FN6/c1-5-23-21(10-8-18-6-7-18)26(28)22-12-19(9-11-24(22)33-23)27(16-29,25(31-4)13-32-30)20-14-34(15-20)17(2)3/h9,11-13,18,20,31-32H,2,5-8,10,14-15,30H2,1,3-4H3/b25-13-. The van der Waals surface area contributed by atoms with Crippen LogP contribution in [0.25, 0.3) is 10.9 Å². The fraction of sp³-hybridized carbons (Fsp3) is 0.481. The molecule has 2 fully saturated rings. The Morgan fingerprint density at radius 1 is 1.41 bits per heavy atom. The van der Waals surface area contributed by atoms with Crippen LogP contribution in [-0.4, -0.2) is 30.0 Å². The van der Waals surface area contributed by atoms with Gasteiger partial charge in [0.1, 0.15) is 11.2 Å². The van der Waals surface area contributed by atoms with E-state index in [-0.39, 0.29) is 11.7 Å². The number of rotatable bonds is 10. The Bertz CT molecular complexity index is 1160. The molecule has 1 aromatic carbocycles. The second-order valence-corrected chi connectivity index (χ2v) is 9.65. The van der Waals surface area contributed by atoms with E-state index in [0.717, 1.165) is 34.9 Å². The summed E-state index contributed by atoms with van der Waals surface area (Å²) in [6.45, 7) is 9.39. The van der Waals surface area contributed by atoms with E-state index in [9.17, 15) is 5.26 Å². The molecule has 4 N–H and O–H groups in total. The summed E-state index contributed by atoms with van der Waals surface area (Å²) in [7, 11) is 1.77. The number of aromatic nitrogens is 1. The van der Waals surface area contributed by atoms with Gasteiger partial charge in [0.2, 0.25) is 0 Å². The SMILES string of the molecule is C=C(C)N1CC(C(C#N)(/C(=C/NN)NC)c2ccc3nc(CC)c(CCC4CC4)c(F)c3c2)C1. The number of hydrazine groups is 1. The van der Waals surface area contributed by atoms with Crippen LogP contribution in [0.4, 0.5) is 4.39 Å². The van der Waals surface area contributed by atoms with Gasteiger partial charge in [-0.3, -0.25) is 10.8 Å². The van der Waals surface area contributed by atoms with Crippen molar-refractivity contribution in [1.82, 2.24) is 20.6 Å². The summed E-state index contributed by atoms with van der Waals surface area (Å²) in [4.78, 5) is 6.96. The number of halogens is 1. The van der Waals surface area contributed by atoms with E-state index < -0.39 is 5.41 Å². The number of fused-ring (bicyclic) bond motifs is 1. The zero-order chi connectivity index (χ0) is 24.5. The van der Waals surface area contributed by atoms with Crippen molar-refractivity contribution < 1.29 is 4.39 Å². The third-order valence-electron chi connectivity index (χ3n) is 7.52. The molecular formula is C27H35FN6. The van der Waals surface area contributed by atoms with E-state index in [4.69, 9.17) is 10.8 Å². The smallest absolute Gasteiger partial charge is 0.137 e. The van der Waals surface area contributed by atoms with E-state index in [1.807, 2.05) is 32.0 Å². The molecular weight excluding hydrogens is 427 g/mol. The van der Waals surface area contributed by atoms with Crippen molar-refractivity contribution in [1.29, 1.82) is 5.26 Å². The van der Waals surface area contributed by atoms with Crippen LogP contribution in [-0.2, 0) is 18.3 Å². The molecule has 1 unspecified atom stereocenters. The zero-order valence-electron chi connectivity index (χ0n) is 20.4. The first-order chi connectivity index (χ1) is 16.4. The Kier molecular flexibility index (Phi) is 6.81. The number of hydrogen-bond acceptors (Lipinski definition) is 6. The molecule has 2 aromatic rings. The third-order valence-corrected chi connectivity index (χ3v) is 7.52. The molecule has 6 nitrogen and oxygen atoms in total. The normalized spacial score (nSPS) is 18.2. The van der Waals surface area contributed by atoms with E-state index >= 15 is 4.39 Å². The number of nitriles is 1. The molecule has 4 rings (SSSR count). The number of nitrogens with one attached hydrogen (secondary N) is 2. The van der Waals surface area contributed by atoms with Crippen LogP contribution in [0, 0.1) is 29.0 Å². The zero-order valence-corrected chi connectivity index (χ0v) is 20.4. The van der Waals surface area contributed by atoms with Gasteiger partial charge in [-0.1, -0.05) is 32.4 Å². The van der Waals surface area contributed by atoms with Gasteiger partial charge in [-0.05, 0) is 49.8 Å². The number of allylic oxidation sites excluding steroid dienone is 2. The summed E-state index contributed by atoms with van der Waals surface area (Å²) in [5.74, 6) is 6.14. The number of likely N-dealkylation sites (tertiary alicyclic amines) is 1. The fourth-order valence-electron chi connectivity index (χ4n) is 5.22. The van der Waals surface area contributed by atoms with Crippen molar-refractivity contribution in [3.05, 3.63) is 65.0 Å². The molecule has 0 bridgehead atoms. The summed E-state index contributed by atoms with van der Waals surface area (Å²) in [6.07, 6.45) is 6.53. The lowest BCUT2D eigenvalue weighted by atomic mass is 9.65. The Hall–Kier alpha value is -3.11. The molecule has 2 aliphatic rings. The average Bonchev–Trinajstić information content (AvgIpc) is 3.63. The second kappa shape index (κ2) is 9.63. The maximum Gasteiger partial charge on any atom is 0.137 e. The summed E-state index contributed by atoms with van der Waals surface area (Å²) in [5.41, 5.74) is 6.11. The molecule has 2 heterocycles. The summed E-state index contributed by atoms with van der Waals surface area (Å²) < 4.78 is 16.0. The second-order valence-electron chi connectivity index (χ2n) is 9.65. The molecule has 1 aliphatic heterocycles. The Morgan fingerprint density at radius 3 is 2.71 bits per heavy atom. The van der Waals surface area contributed by atoms with Gasteiger partial charge >= 0.3 is 0 Å². The number of nitrogens with two attached hydrogens (primary N) is 1. The summed E-state index contributed by atoms with van der Waals surface area (Å²) in [5, 5.41) is 14.2. The molecule has 1 aromatic heterocycles. The number of likely N-dealkylation sites (N-methyl/N-ethyl adjacent to an activating group) is 1. The number of pyridine rings is 1. The van der Waals surface area contributed by atoms with Crippen LogP contribution >= 0.6 is 0 Å². The lowest BCUT2D eigenvalue weighted by molar-refractivity contribution is 0.103. The highest BCUT2D eigenvalue weighted by atomic mass is 19.1. The van der Waals surface area contributed by atoms with Crippen molar-refractivity contribution in [2.24, 2.45) is 17.7 Å². The number of benzene rings is 1. The topological polar surface area (TPSA) is 90.0 Å².